The summed E-state index contributed by atoms with van der Waals surface area (Å²) in [4.78, 5) is 20.3. The molecule has 5 heterocycles. The maximum Gasteiger partial charge on any atom is 0.159 e. The molecule has 0 amide bonds. The SMILES string of the molecule is CC(C)N1CCC(Nc2c(Cl)cnc3[nH]c(-c4ccc(N5CCN(Cc6ccco6)CC5)cc4)nc23)CC1. The van der Waals surface area contributed by atoms with E-state index in [9.17, 15) is 0 Å². The van der Waals surface area contributed by atoms with Crippen LogP contribution in [0.1, 0.15) is 32.4 Å². The summed E-state index contributed by atoms with van der Waals surface area (Å²) in [7, 11) is 0. The molecule has 0 aliphatic carbocycles. The fourth-order valence-electron chi connectivity index (χ4n) is 5.59. The molecule has 0 bridgehead atoms. The Morgan fingerprint density at radius 1 is 1.05 bits per heavy atom. The number of rotatable bonds is 7. The van der Waals surface area contributed by atoms with E-state index < -0.39 is 0 Å². The van der Waals surface area contributed by atoms with E-state index in [1.54, 1.807) is 12.5 Å². The van der Waals surface area contributed by atoms with Gasteiger partial charge in [-0.3, -0.25) is 4.90 Å². The van der Waals surface area contributed by atoms with E-state index >= 15 is 0 Å². The van der Waals surface area contributed by atoms with Crippen molar-refractivity contribution in [3.63, 3.8) is 0 Å². The van der Waals surface area contributed by atoms with Crippen molar-refractivity contribution < 1.29 is 4.42 Å². The van der Waals surface area contributed by atoms with Gasteiger partial charge < -0.3 is 24.5 Å². The van der Waals surface area contributed by atoms with Crippen LogP contribution in [0.25, 0.3) is 22.6 Å². The Hall–Kier alpha value is -3.07. The molecule has 0 radical (unpaired) electrons. The standard InChI is InChI=1S/C29H36ClN7O/c1-20(2)36-11-9-22(10-12-36)32-26-25(30)18-31-29-27(26)33-28(34-29)21-5-7-23(8-6-21)37-15-13-35(14-16-37)19-24-4-3-17-38-24/h3-8,17-18,20,22H,9-16,19H2,1-2H3,(H2,31,32,33,34). The molecule has 2 fully saturated rings. The number of aromatic nitrogens is 3. The zero-order valence-corrected chi connectivity index (χ0v) is 22.9. The van der Waals surface area contributed by atoms with Gasteiger partial charge in [0.15, 0.2) is 5.65 Å². The third-order valence-electron chi connectivity index (χ3n) is 7.91. The van der Waals surface area contributed by atoms with Crippen molar-refractivity contribution in [1.82, 2.24) is 24.8 Å². The molecule has 2 aliphatic heterocycles. The minimum atomic E-state index is 0.382. The highest BCUT2D eigenvalue weighted by Gasteiger charge is 2.23. The normalized spacial score (nSPS) is 18.1. The monoisotopic (exact) mass is 533 g/mol. The summed E-state index contributed by atoms with van der Waals surface area (Å²) in [5.74, 6) is 1.83. The number of pyridine rings is 1. The number of piperazine rings is 1. The molecule has 1 aromatic carbocycles. The van der Waals surface area contributed by atoms with Gasteiger partial charge in [-0.25, -0.2) is 9.97 Å². The predicted octanol–water partition coefficient (Wildman–Crippen LogP) is 5.48. The highest BCUT2D eigenvalue weighted by atomic mass is 35.5. The molecule has 0 spiro atoms. The van der Waals surface area contributed by atoms with Gasteiger partial charge in [0, 0.05) is 62.6 Å². The van der Waals surface area contributed by atoms with Crippen LogP contribution in [0.4, 0.5) is 11.4 Å². The summed E-state index contributed by atoms with van der Waals surface area (Å²) >= 11 is 6.61. The first-order valence-electron chi connectivity index (χ1n) is 13.7. The highest BCUT2D eigenvalue weighted by Crippen LogP contribution is 2.33. The van der Waals surface area contributed by atoms with E-state index in [2.05, 4.69) is 68.1 Å². The van der Waals surface area contributed by atoms with Gasteiger partial charge >= 0.3 is 0 Å². The molecule has 6 rings (SSSR count). The maximum atomic E-state index is 6.61. The van der Waals surface area contributed by atoms with Crippen LogP contribution in [0.5, 0.6) is 0 Å². The number of likely N-dealkylation sites (tertiary alicyclic amines) is 1. The second-order valence-corrected chi connectivity index (χ2v) is 11.1. The number of nitrogens with zero attached hydrogens (tertiary/aromatic N) is 5. The van der Waals surface area contributed by atoms with Crippen LogP contribution in [0.2, 0.25) is 5.02 Å². The number of H-pyrrole nitrogens is 1. The Morgan fingerprint density at radius 3 is 2.50 bits per heavy atom. The zero-order chi connectivity index (χ0) is 26.1. The predicted molar refractivity (Wildman–Crippen MR) is 154 cm³/mol. The number of nitrogens with one attached hydrogen (secondary N) is 2. The average Bonchev–Trinajstić information content (AvgIpc) is 3.61. The van der Waals surface area contributed by atoms with E-state index in [-0.39, 0.29) is 0 Å². The Morgan fingerprint density at radius 2 is 1.82 bits per heavy atom. The van der Waals surface area contributed by atoms with Gasteiger partial charge in [0.05, 0.1) is 29.7 Å². The maximum absolute atomic E-state index is 6.61. The van der Waals surface area contributed by atoms with Gasteiger partial charge in [0.1, 0.15) is 17.1 Å². The van der Waals surface area contributed by atoms with Gasteiger partial charge in [-0.15, -0.1) is 0 Å². The quantitative estimate of drug-likeness (QED) is 0.326. The topological polar surface area (TPSA) is 76.5 Å². The van der Waals surface area contributed by atoms with Crippen molar-refractivity contribution in [2.24, 2.45) is 0 Å². The molecule has 2 aliphatic rings. The minimum absolute atomic E-state index is 0.382. The van der Waals surface area contributed by atoms with E-state index in [1.807, 2.05) is 12.1 Å². The number of imidazole rings is 1. The third-order valence-corrected chi connectivity index (χ3v) is 8.20. The highest BCUT2D eigenvalue weighted by molar-refractivity contribution is 6.34. The molecule has 2 N–H and O–H groups in total. The summed E-state index contributed by atoms with van der Waals surface area (Å²) < 4.78 is 5.51. The lowest BCUT2D eigenvalue weighted by Crippen LogP contribution is -2.45. The molecular weight excluding hydrogens is 498 g/mol. The second-order valence-electron chi connectivity index (χ2n) is 10.7. The molecule has 0 saturated carbocycles. The van der Waals surface area contributed by atoms with Crippen LogP contribution < -0.4 is 10.2 Å². The average molecular weight is 534 g/mol. The lowest BCUT2D eigenvalue weighted by molar-refractivity contribution is 0.177. The molecule has 2 saturated heterocycles. The van der Waals surface area contributed by atoms with Crippen molar-refractivity contribution in [3.8, 4) is 11.4 Å². The Balaban J connectivity index is 1.13. The Kier molecular flexibility index (Phi) is 7.28. The van der Waals surface area contributed by atoms with E-state index in [0.717, 1.165) is 92.7 Å². The van der Waals surface area contributed by atoms with Crippen molar-refractivity contribution in [2.45, 2.75) is 45.3 Å². The number of fused-ring (bicyclic) bond motifs is 1. The smallest absolute Gasteiger partial charge is 0.159 e. The number of hydrogen-bond acceptors (Lipinski definition) is 7. The number of piperidine rings is 1. The summed E-state index contributed by atoms with van der Waals surface area (Å²) in [6, 6.07) is 13.6. The second kappa shape index (κ2) is 11.0. The van der Waals surface area contributed by atoms with Crippen LogP contribution in [0.15, 0.2) is 53.3 Å². The van der Waals surface area contributed by atoms with Crippen molar-refractivity contribution in [2.75, 3.05) is 49.5 Å². The number of halogens is 1. The minimum Gasteiger partial charge on any atom is -0.468 e. The zero-order valence-electron chi connectivity index (χ0n) is 22.2. The molecule has 3 aromatic heterocycles. The van der Waals surface area contributed by atoms with Gasteiger partial charge in [0.2, 0.25) is 0 Å². The van der Waals surface area contributed by atoms with Gasteiger partial charge in [-0.1, -0.05) is 11.6 Å². The number of benzene rings is 1. The summed E-state index contributed by atoms with van der Waals surface area (Å²) in [5, 5.41) is 4.30. The van der Waals surface area contributed by atoms with Crippen molar-refractivity contribution >= 4 is 34.1 Å². The van der Waals surface area contributed by atoms with Crippen LogP contribution in [0.3, 0.4) is 0 Å². The van der Waals surface area contributed by atoms with Crippen molar-refractivity contribution in [3.05, 3.63) is 59.6 Å². The first-order chi connectivity index (χ1) is 18.5. The largest absolute Gasteiger partial charge is 0.468 e. The number of aromatic amines is 1. The first-order valence-corrected chi connectivity index (χ1v) is 14.1. The van der Waals surface area contributed by atoms with Crippen LogP contribution in [0, 0.1) is 0 Å². The molecule has 9 heteroatoms. The molecule has 0 atom stereocenters. The number of hydrogen-bond donors (Lipinski definition) is 2. The molecule has 4 aromatic rings. The summed E-state index contributed by atoms with van der Waals surface area (Å²) in [5.41, 5.74) is 4.71. The lowest BCUT2D eigenvalue weighted by Gasteiger charge is -2.35. The van der Waals surface area contributed by atoms with E-state index in [0.29, 0.717) is 17.1 Å². The summed E-state index contributed by atoms with van der Waals surface area (Å²) in [6.45, 7) is 11.6. The Bertz CT molecular complexity index is 1340. The lowest BCUT2D eigenvalue weighted by atomic mass is 10.0. The van der Waals surface area contributed by atoms with Crippen LogP contribution >= 0.6 is 11.6 Å². The van der Waals surface area contributed by atoms with Crippen molar-refractivity contribution in [1.29, 1.82) is 0 Å². The number of anilines is 2. The van der Waals surface area contributed by atoms with Crippen LogP contribution in [-0.2, 0) is 6.54 Å². The molecular formula is C29H36ClN7O. The molecule has 8 nitrogen and oxygen atoms in total. The fourth-order valence-corrected chi connectivity index (χ4v) is 5.78. The van der Waals surface area contributed by atoms with Gasteiger partial charge in [0.25, 0.3) is 0 Å². The van der Waals surface area contributed by atoms with Gasteiger partial charge in [-0.05, 0) is 63.1 Å². The molecule has 200 valence electrons. The fraction of sp³-hybridized carbons (Fsp3) is 0.448. The number of furan rings is 1. The molecule has 0 unspecified atom stereocenters. The summed E-state index contributed by atoms with van der Waals surface area (Å²) in [6.07, 6.45) is 5.64. The first kappa shape index (κ1) is 25.2. The van der Waals surface area contributed by atoms with E-state index in [1.165, 1.54) is 5.69 Å². The van der Waals surface area contributed by atoms with Crippen LogP contribution in [-0.4, -0.2) is 76.1 Å². The van der Waals surface area contributed by atoms with Gasteiger partial charge in [-0.2, -0.15) is 0 Å². The third kappa shape index (κ3) is 5.39. The molecule has 38 heavy (non-hydrogen) atoms. The Labute approximate surface area is 229 Å². The van der Waals surface area contributed by atoms with E-state index in [4.69, 9.17) is 21.0 Å².